The van der Waals surface area contributed by atoms with E-state index >= 15 is 0 Å². The first kappa shape index (κ1) is 12.6. The Morgan fingerprint density at radius 3 is 2.67 bits per heavy atom. The lowest BCUT2D eigenvalue weighted by Crippen LogP contribution is -2.46. The summed E-state index contributed by atoms with van der Waals surface area (Å²) in [5.74, 6) is -0.873. The number of anilines is 1. The van der Waals surface area contributed by atoms with E-state index in [2.05, 4.69) is 16.4 Å². The van der Waals surface area contributed by atoms with Gasteiger partial charge in [0.15, 0.2) is 0 Å². The van der Waals surface area contributed by atoms with Crippen molar-refractivity contribution in [3.05, 3.63) is 42.5 Å². The fourth-order valence-electron chi connectivity index (χ4n) is 2.21. The first-order chi connectivity index (χ1) is 8.70. The minimum Gasteiger partial charge on any atom is -0.478 e. The minimum atomic E-state index is -0.873. The third-order valence-corrected chi connectivity index (χ3v) is 3.22. The van der Waals surface area contributed by atoms with E-state index in [4.69, 9.17) is 5.11 Å². The van der Waals surface area contributed by atoms with E-state index in [1.165, 1.54) is 0 Å². The fourth-order valence-corrected chi connectivity index (χ4v) is 2.21. The predicted molar refractivity (Wildman–Crippen MR) is 72.3 cm³/mol. The molecule has 0 bridgehead atoms. The Morgan fingerprint density at radius 1 is 1.33 bits per heavy atom. The molecule has 1 aromatic rings. The largest absolute Gasteiger partial charge is 0.478 e. The van der Waals surface area contributed by atoms with Crippen LogP contribution in [0.25, 0.3) is 0 Å². The van der Waals surface area contributed by atoms with Gasteiger partial charge < -0.3 is 10.0 Å². The molecule has 1 N–H and O–H groups in total. The molecule has 18 heavy (non-hydrogen) atoms. The summed E-state index contributed by atoms with van der Waals surface area (Å²) in [5.41, 5.74) is 1.34. The Kier molecular flexibility index (Phi) is 3.99. The lowest BCUT2D eigenvalue weighted by atomic mass is 10.1. The predicted octanol–water partition coefficient (Wildman–Crippen LogP) is 1.69. The zero-order chi connectivity index (χ0) is 13.0. The van der Waals surface area contributed by atoms with Crippen LogP contribution in [0.5, 0.6) is 0 Å². The molecule has 4 heteroatoms. The molecule has 1 fully saturated rings. The van der Waals surface area contributed by atoms with Crippen molar-refractivity contribution in [1.82, 2.24) is 4.90 Å². The maximum Gasteiger partial charge on any atom is 0.335 e. The molecule has 1 aliphatic heterocycles. The van der Waals surface area contributed by atoms with Gasteiger partial charge in [0.1, 0.15) is 0 Å². The summed E-state index contributed by atoms with van der Waals surface area (Å²) in [5, 5.41) is 8.98. The van der Waals surface area contributed by atoms with Crippen molar-refractivity contribution in [3.8, 4) is 0 Å². The second-order valence-corrected chi connectivity index (χ2v) is 4.43. The van der Waals surface area contributed by atoms with Gasteiger partial charge >= 0.3 is 5.97 Å². The lowest BCUT2D eigenvalue weighted by molar-refractivity contribution is 0.0697. The Hall–Kier alpha value is -1.81. The van der Waals surface area contributed by atoms with Crippen LogP contribution in [0.4, 0.5) is 5.69 Å². The van der Waals surface area contributed by atoms with Crippen LogP contribution >= 0.6 is 0 Å². The molecule has 0 amide bonds. The molecule has 4 nitrogen and oxygen atoms in total. The van der Waals surface area contributed by atoms with E-state index in [0.29, 0.717) is 5.56 Å². The van der Waals surface area contributed by atoms with Crippen LogP contribution in [-0.4, -0.2) is 48.7 Å². The van der Waals surface area contributed by atoms with Gasteiger partial charge in [0.25, 0.3) is 0 Å². The summed E-state index contributed by atoms with van der Waals surface area (Å²) in [6, 6.07) is 7.13. The Bertz CT molecular complexity index is 437. The number of rotatable bonds is 4. The summed E-state index contributed by atoms with van der Waals surface area (Å²) < 4.78 is 0. The number of carboxylic acids is 1. The molecule has 96 valence electrons. The van der Waals surface area contributed by atoms with Gasteiger partial charge in [-0.25, -0.2) is 4.79 Å². The molecule has 2 rings (SSSR count). The van der Waals surface area contributed by atoms with Gasteiger partial charge in [-0.3, -0.25) is 4.90 Å². The van der Waals surface area contributed by atoms with Gasteiger partial charge in [0.2, 0.25) is 0 Å². The minimum absolute atomic E-state index is 0.348. The first-order valence-electron chi connectivity index (χ1n) is 6.12. The van der Waals surface area contributed by atoms with E-state index in [0.717, 1.165) is 38.4 Å². The van der Waals surface area contributed by atoms with Crippen LogP contribution in [0.15, 0.2) is 36.9 Å². The van der Waals surface area contributed by atoms with E-state index in [1.807, 2.05) is 12.1 Å². The van der Waals surface area contributed by atoms with Gasteiger partial charge in [-0.05, 0) is 18.2 Å². The number of benzene rings is 1. The highest BCUT2D eigenvalue weighted by Gasteiger charge is 2.16. The van der Waals surface area contributed by atoms with Crippen molar-refractivity contribution >= 4 is 11.7 Å². The third-order valence-electron chi connectivity index (χ3n) is 3.22. The van der Waals surface area contributed by atoms with Crippen molar-refractivity contribution < 1.29 is 9.90 Å². The van der Waals surface area contributed by atoms with E-state index < -0.39 is 5.97 Å². The highest BCUT2D eigenvalue weighted by molar-refractivity contribution is 5.88. The summed E-state index contributed by atoms with van der Waals surface area (Å²) in [6.07, 6.45) is 1.92. The molecule has 0 unspecified atom stereocenters. The van der Waals surface area contributed by atoms with E-state index in [-0.39, 0.29) is 0 Å². The number of carboxylic acid groups (broad SMARTS) is 1. The van der Waals surface area contributed by atoms with Crippen molar-refractivity contribution in [3.63, 3.8) is 0 Å². The third kappa shape index (κ3) is 2.90. The molecule has 1 heterocycles. The zero-order valence-electron chi connectivity index (χ0n) is 10.4. The maximum absolute atomic E-state index is 10.9. The van der Waals surface area contributed by atoms with Gasteiger partial charge in [0, 0.05) is 38.4 Å². The van der Waals surface area contributed by atoms with Gasteiger partial charge in [-0.1, -0.05) is 12.1 Å². The van der Waals surface area contributed by atoms with Crippen LogP contribution in [0.3, 0.4) is 0 Å². The molecule has 0 radical (unpaired) electrons. The molecule has 0 saturated carbocycles. The van der Waals surface area contributed by atoms with Crippen molar-refractivity contribution in [2.24, 2.45) is 0 Å². The molecule has 0 spiro atoms. The summed E-state index contributed by atoms with van der Waals surface area (Å²) in [4.78, 5) is 15.5. The molecule has 1 aromatic carbocycles. The summed E-state index contributed by atoms with van der Waals surface area (Å²) in [6.45, 7) is 8.50. The number of hydrogen-bond donors (Lipinski definition) is 1. The number of hydrogen-bond acceptors (Lipinski definition) is 3. The second-order valence-electron chi connectivity index (χ2n) is 4.43. The van der Waals surface area contributed by atoms with Crippen LogP contribution < -0.4 is 4.90 Å². The average molecular weight is 246 g/mol. The number of aromatic carboxylic acids is 1. The Morgan fingerprint density at radius 2 is 2.06 bits per heavy atom. The SMILES string of the molecule is C=CCN1CCN(c2cccc(C(=O)O)c2)CC1. The number of carbonyl (C=O) groups is 1. The van der Waals surface area contributed by atoms with E-state index in [1.54, 1.807) is 18.2 Å². The highest BCUT2D eigenvalue weighted by Crippen LogP contribution is 2.18. The standard InChI is InChI=1S/C14H18N2O2/c1-2-6-15-7-9-16(10-8-15)13-5-3-4-12(11-13)14(17)18/h2-5,11H,1,6-10H2,(H,17,18). The maximum atomic E-state index is 10.9. The molecular formula is C14H18N2O2. The van der Waals surface area contributed by atoms with Crippen LogP contribution in [0.1, 0.15) is 10.4 Å². The molecular weight excluding hydrogens is 228 g/mol. The van der Waals surface area contributed by atoms with E-state index in [9.17, 15) is 4.79 Å². The molecule has 0 atom stereocenters. The highest BCUT2D eigenvalue weighted by atomic mass is 16.4. The van der Waals surface area contributed by atoms with Gasteiger partial charge in [-0.15, -0.1) is 6.58 Å². The average Bonchev–Trinajstić information content (AvgIpc) is 2.40. The van der Waals surface area contributed by atoms with Crippen LogP contribution in [0, 0.1) is 0 Å². The van der Waals surface area contributed by atoms with Gasteiger partial charge in [-0.2, -0.15) is 0 Å². The fraction of sp³-hybridized carbons (Fsp3) is 0.357. The van der Waals surface area contributed by atoms with Crippen LogP contribution in [-0.2, 0) is 0 Å². The normalized spacial score (nSPS) is 16.6. The molecule has 0 aromatic heterocycles. The smallest absolute Gasteiger partial charge is 0.335 e. The zero-order valence-corrected chi connectivity index (χ0v) is 10.4. The number of piperazine rings is 1. The summed E-state index contributed by atoms with van der Waals surface area (Å²) >= 11 is 0. The van der Waals surface area contributed by atoms with Crippen molar-refractivity contribution in [2.45, 2.75) is 0 Å². The number of nitrogens with zero attached hydrogens (tertiary/aromatic N) is 2. The second kappa shape index (κ2) is 5.69. The first-order valence-corrected chi connectivity index (χ1v) is 6.12. The topological polar surface area (TPSA) is 43.8 Å². The Labute approximate surface area is 107 Å². The van der Waals surface area contributed by atoms with Crippen LogP contribution in [0.2, 0.25) is 0 Å². The summed E-state index contributed by atoms with van der Waals surface area (Å²) in [7, 11) is 0. The monoisotopic (exact) mass is 246 g/mol. The van der Waals surface area contributed by atoms with Crippen molar-refractivity contribution in [1.29, 1.82) is 0 Å². The Balaban J connectivity index is 2.03. The van der Waals surface area contributed by atoms with Crippen molar-refractivity contribution in [2.75, 3.05) is 37.6 Å². The molecule has 1 saturated heterocycles. The quantitative estimate of drug-likeness (QED) is 0.821. The molecule has 0 aliphatic carbocycles. The lowest BCUT2D eigenvalue weighted by Gasteiger charge is -2.35. The van der Waals surface area contributed by atoms with Gasteiger partial charge in [0.05, 0.1) is 5.56 Å². The molecule has 1 aliphatic rings.